The van der Waals surface area contributed by atoms with Crippen molar-refractivity contribution >= 4 is 17.7 Å². The molecule has 8 heteroatoms. The van der Waals surface area contributed by atoms with Crippen LogP contribution in [0.15, 0.2) is 18.2 Å². The lowest BCUT2D eigenvalue weighted by molar-refractivity contribution is -0.137. The summed E-state index contributed by atoms with van der Waals surface area (Å²) in [5, 5.41) is 2.15. The van der Waals surface area contributed by atoms with Crippen LogP contribution >= 0.6 is 0 Å². The minimum absolute atomic E-state index is 0.0399. The van der Waals surface area contributed by atoms with Crippen molar-refractivity contribution in [2.24, 2.45) is 0 Å². The average Bonchev–Trinajstić information content (AvgIpc) is 2.76. The Kier molecular flexibility index (Phi) is 3.62. The highest BCUT2D eigenvalue weighted by Crippen LogP contribution is 2.32. The molecule has 1 aromatic rings. The molecule has 0 aliphatic carbocycles. The van der Waals surface area contributed by atoms with Crippen molar-refractivity contribution in [3.63, 3.8) is 0 Å². The molecule has 2 aliphatic heterocycles. The molecule has 1 unspecified atom stereocenters. The summed E-state index contributed by atoms with van der Waals surface area (Å²) in [5.74, 6) is -1.47. The molecule has 1 aromatic carbocycles. The van der Waals surface area contributed by atoms with Crippen molar-refractivity contribution < 1.29 is 27.6 Å². The van der Waals surface area contributed by atoms with E-state index in [-0.39, 0.29) is 30.5 Å². The third-order valence-electron chi connectivity index (χ3n) is 4.07. The largest absolute Gasteiger partial charge is 0.393 e. The maximum absolute atomic E-state index is 12.7. The monoisotopic (exact) mass is 326 g/mol. The Bertz CT molecular complexity index is 700. The minimum atomic E-state index is -4.37. The van der Waals surface area contributed by atoms with Crippen LogP contribution in [-0.2, 0) is 22.6 Å². The number of imide groups is 1. The second-order valence-electron chi connectivity index (χ2n) is 5.64. The van der Waals surface area contributed by atoms with E-state index in [2.05, 4.69) is 5.32 Å². The van der Waals surface area contributed by atoms with Crippen LogP contribution in [0, 0.1) is 0 Å². The van der Waals surface area contributed by atoms with Crippen LogP contribution in [0.2, 0.25) is 0 Å². The van der Waals surface area contributed by atoms with Crippen molar-refractivity contribution in [2.75, 3.05) is 0 Å². The Balaban J connectivity index is 1.88. The Morgan fingerprint density at radius 3 is 2.61 bits per heavy atom. The van der Waals surface area contributed by atoms with E-state index in [0.29, 0.717) is 5.56 Å². The number of rotatable bonds is 2. The first kappa shape index (κ1) is 15.5. The van der Waals surface area contributed by atoms with E-state index in [9.17, 15) is 27.6 Å². The minimum Gasteiger partial charge on any atom is -0.322 e. The van der Waals surface area contributed by atoms with Crippen molar-refractivity contribution in [1.82, 2.24) is 10.2 Å². The predicted molar refractivity (Wildman–Crippen MR) is 72.2 cm³/mol. The van der Waals surface area contributed by atoms with Crippen LogP contribution in [0.1, 0.15) is 34.3 Å². The molecule has 0 spiro atoms. The number of carbonyl (C=O) groups excluding carboxylic acids is 3. The van der Waals surface area contributed by atoms with Gasteiger partial charge in [0.1, 0.15) is 6.04 Å². The highest BCUT2D eigenvalue weighted by molar-refractivity contribution is 6.05. The van der Waals surface area contributed by atoms with Crippen LogP contribution in [0.3, 0.4) is 0 Å². The third-order valence-corrected chi connectivity index (χ3v) is 4.07. The second kappa shape index (κ2) is 5.36. The molecule has 0 aromatic heterocycles. The molecule has 0 bridgehead atoms. The Labute approximate surface area is 129 Å². The zero-order valence-electron chi connectivity index (χ0n) is 11.9. The Morgan fingerprint density at radius 1 is 1.22 bits per heavy atom. The van der Waals surface area contributed by atoms with Crippen molar-refractivity contribution in [3.05, 3.63) is 34.9 Å². The molecular weight excluding hydrogens is 313 g/mol. The van der Waals surface area contributed by atoms with E-state index >= 15 is 0 Å². The van der Waals surface area contributed by atoms with Gasteiger partial charge >= 0.3 is 6.18 Å². The van der Waals surface area contributed by atoms with Crippen LogP contribution in [0.4, 0.5) is 13.2 Å². The SMILES string of the molecule is O=C1CCC(N2Cc3c(CC(F)(F)F)cccc3C2=O)C(=O)N1. The first-order chi connectivity index (χ1) is 10.8. The number of piperidine rings is 1. The van der Waals surface area contributed by atoms with E-state index in [1.54, 1.807) is 0 Å². The van der Waals surface area contributed by atoms with Gasteiger partial charge in [-0.1, -0.05) is 12.1 Å². The molecule has 1 N–H and O–H groups in total. The molecule has 1 fully saturated rings. The first-order valence-corrected chi connectivity index (χ1v) is 7.08. The van der Waals surface area contributed by atoms with Gasteiger partial charge in [-0.05, 0) is 23.6 Å². The molecular formula is C15H13F3N2O3. The van der Waals surface area contributed by atoms with Crippen molar-refractivity contribution in [3.8, 4) is 0 Å². The normalized spacial score (nSPS) is 21.4. The molecule has 122 valence electrons. The summed E-state index contributed by atoms with van der Waals surface area (Å²) in [6, 6.07) is 3.38. The Hall–Kier alpha value is -2.38. The number of benzene rings is 1. The van der Waals surface area contributed by atoms with Gasteiger partial charge in [-0.3, -0.25) is 19.7 Å². The average molecular weight is 326 g/mol. The fourth-order valence-electron chi connectivity index (χ4n) is 3.03. The van der Waals surface area contributed by atoms with Gasteiger partial charge in [-0.15, -0.1) is 0 Å². The number of halogens is 3. The second-order valence-corrected chi connectivity index (χ2v) is 5.64. The van der Waals surface area contributed by atoms with E-state index in [4.69, 9.17) is 0 Å². The van der Waals surface area contributed by atoms with Gasteiger partial charge in [0.25, 0.3) is 5.91 Å². The Morgan fingerprint density at radius 2 is 1.96 bits per heavy atom. The van der Waals surface area contributed by atoms with Gasteiger partial charge < -0.3 is 4.90 Å². The molecule has 5 nitrogen and oxygen atoms in total. The number of hydrogen-bond acceptors (Lipinski definition) is 3. The fourth-order valence-corrected chi connectivity index (χ4v) is 3.03. The van der Waals surface area contributed by atoms with Crippen LogP contribution < -0.4 is 5.32 Å². The highest BCUT2D eigenvalue weighted by Gasteiger charge is 2.40. The summed E-state index contributed by atoms with van der Waals surface area (Å²) in [5.41, 5.74) is 0.536. The van der Waals surface area contributed by atoms with Gasteiger partial charge in [-0.2, -0.15) is 13.2 Å². The maximum atomic E-state index is 12.7. The van der Waals surface area contributed by atoms with Crippen molar-refractivity contribution in [1.29, 1.82) is 0 Å². The summed E-state index contributed by atoms with van der Waals surface area (Å²) in [7, 11) is 0. The van der Waals surface area contributed by atoms with Gasteiger partial charge in [-0.25, -0.2) is 0 Å². The lowest BCUT2D eigenvalue weighted by Gasteiger charge is -2.29. The molecule has 3 amide bonds. The number of hydrogen-bond donors (Lipinski definition) is 1. The molecule has 2 heterocycles. The molecule has 1 saturated heterocycles. The fraction of sp³-hybridized carbons (Fsp3) is 0.400. The van der Waals surface area contributed by atoms with Gasteiger partial charge in [0, 0.05) is 18.5 Å². The lowest BCUT2D eigenvalue weighted by Crippen LogP contribution is -2.52. The topological polar surface area (TPSA) is 66.5 Å². The van der Waals surface area contributed by atoms with Crippen LogP contribution in [0.25, 0.3) is 0 Å². The summed E-state index contributed by atoms with van der Waals surface area (Å²) in [6.07, 6.45) is -5.21. The summed E-state index contributed by atoms with van der Waals surface area (Å²) >= 11 is 0. The lowest BCUT2D eigenvalue weighted by atomic mass is 10.0. The molecule has 0 radical (unpaired) electrons. The smallest absolute Gasteiger partial charge is 0.322 e. The van der Waals surface area contributed by atoms with E-state index in [1.807, 2.05) is 0 Å². The molecule has 0 saturated carbocycles. The van der Waals surface area contributed by atoms with E-state index in [0.717, 1.165) is 0 Å². The molecule has 3 rings (SSSR count). The number of amides is 3. The molecule has 2 aliphatic rings. The number of carbonyl (C=O) groups is 3. The van der Waals surface area contributed by atoms with E-state index in [1.165, 1.54) is 23.1 Å². The summed E-state index contributed by atoms with van der Waals surface area (Å²) < 4.78 is 38.0. The van der Waals surface area contributed by atoms with Crippen LogP contribution in [-0.4, -0.2) is 34.8 Å². The van der Waals surface area contributed by atoms with Crippen molar-refractivity contribution in [2.45, 2.75) is 38.0 Å². The van der Waals surface area contributed by atoms with E-state index < -0.39 is 36.4 Å². The molecule has 1 atom stereocenters. The third kappa shape index (κ3) is 2.93. The number of fused-ring (bicyclic) bond motifs is 1. The molecule has 23 heavy (non-hydrogen) atoms. The zero-order chi connectivity index (χ0) is 16.8. The number of alkyl halides is 3. The van der Waals surface area contributed by atoms with Gasteiger partial charge in [0.05, 0.1) is 6.42 Å². The predicted octanol–water partition coefficient (Wildman–Crippen LogP) is 1.55. The maximum Gasteiger partial charge on any atom is 0.393 e. The van der Waals surface area contributed by atoms with Gasteiger partial charge in [0.2, 0.25) is 11.8 Å². The zero-order valence-corrected chi connectivity index (χ0v) is 11.9. The highest BCUT2D eigenvalue weighted by atomic mass is 19.4. The standard InChI is InChI=1S/C15H13F3N2O3/c16-15(17,18)6-8-2-1-3-9-10(8)7-20(14(9)23)11-4-5-12(21)19-13(11)22/h1-3,11H,4-7H2,(H,19,21,22). The first-order valence-electron chi connectivity index (χ1n) is 7.08. The van der Waals surface area contributed by atoms with Crippen LogP contribution in [0.5, 0.6) is 0 Å². The number of nitrogens with one attached hydrogen (secondary N) is 1. The van der Waals surface area contributed by atoms with Gasteiger partial charge in [0.15, 0.2) is 0 Å². The number of nitrogens with zero attached hydrogens (tertiary/aromatic N) is 1. The summed E-state index contributed by atoms with van der Waals surface area (Å²) in [6.45, 7) is -0.0489. The summed E-state index contributed by atoms with van der Waals surface area (Å²) in [4.78, 5) is 36.7. The quantitative estimate of drug-likeness (QED) is 0.839.